The van der Waals surface area contributed by atoms with Gasteiger partial charge in [-0.3, -0.25) is 0 Å². The van der Waals surface area contributed by atoms with Crippen molar-refractivity contribution < 1.29 is 9.84 Å². The molecule has 20 heavy (non-hydrogen) atoms. The molecule has 2 heteroatoms. The van der Waals surface area contributed by atoms with E-state index in [1.54, 1.807) is 0 Å². The van der Waals surface area contributed by atoms with E-state index in [-0.39, 0.29) is 6.10 Å². The quantitative estimate of drug-likeness (QED) is 0.861. The van der Waals surface area contributed by atoms with E-state index >= 15 is 0 Å². The van der Waals surface area contributed by atoms with E-state index in [1.165, 1.54) is 5.56 Å². The van der Waals surface area contributed by atoms with Crippen LogP contribution in [-0.4, -0.2) is 11.2 Å². The normalized spacial score (nSPS) is 22.1. The largest absolute Gasteiger partial charge is 0.386 e. The molecule has 2 unspecified atom stereocenters. The Labute approximate surface area is 120 Å². The second kappa shape index (κ2) is 6.21. The lowest BCUT2D eigenvalue weighted by Gasteiger charge is -2.22. The van der Waals surface area contributed by atoms with Crippen LogP contribution in [-0.2, 0) is 17.8 Å². The molecule has 2 aromatic rings. The third kappa shape index (κ3) is 2.92. The molecule has 2 nitrogen and oxygen atoms in total. The van der Waals surface area contributed by atoms with Crippen LogP contribution in [0.25, 0.3) is 0 Å². The number of fused-ring (bicyclic) bond motifs is 1. The zero-order valence-corrected chi connectivity index (χ0v) is 11.5. The molecule has 3 rings (SSSR count). The molecule has 2 aromatic carbocycles. The van der Waals surface area contributed by atoms with Gasteiger partial charge in [0.2, 0.25) is 0 Å². The number of rotatable bonds is 3. The summed E-state index contributed by atoms with van der Waals surface area (Å²) in [6.07, 6.45) is 2.37. The highest BCUT2D eigenvalue weighted by Gasteiger charge is 2.26. The Kier molecular flexibility index (Phi) is 4.14. The van der Waals surface area contributed by atoms with Gasteiger partial charge in [0.05, 0.1) is 12.7 Å². The summed E-state index contributed by atoms with van der Waals surface area (Å²) in [4.78, 5) is 0. The third-order valence-electron chi connectivity index (χ3n) is 3.97. The Morgan fingerprint density at radius 2 is 1.75 bits per heavy atom. The van der Waals surface area contributed by atoms with E-state index in [0.29, 0.717) is 6.61 Å². The average Bonchev–Trinajstić information content (AvgIpc) is 2.66. The smallest absolute Gasteiger partial charge is 0.105 e. The van der Waals surface area contributed by atoms with E-state index in [2.05, 4.69) is 18.2 Å². The van der Waals surface area contributed by atoms with Crippen molar-refractivity contribution in [3.8, 4) is 0 Å². The first-order chi connectivity index (χ1) is 9.84. The van der Waals surface area contributed by atoms with Gasteiger partial charge in [0.25, 0.3) is 0 Å². The fourth-order valence-corrected chi connectivity index (χ4v) is 2.85. The van der Waals surface area contributed by atoms with Gasteiger partial charge in [-0.2, -0.15) is 0 Å². The first kappa shape index (κ1) is 13.3. The number of aryl methyl sites for hydroxylation is 1. The molecule has 0 bridgehead atoms. The van der Waals surface area contributed by atoms with Crippen LogP contribution in [0.15, 0.2) is 54.6 Å². The minimum absolute atomic E-state index is 0.112. The maximum atomic E-state index is 10.6. The van der Waals surface area contributed by atoms with Crippen LogP contribution in [0, 0.1) is 0 Å². The Bertz CT molecular complexity index is 550. The van der Waals surface area contributed by atoms with Gasteiger partial charge in [-0.05, 0) is 36.0 Å². The van der Waals surface area contributed by atoms with Gasteiger partial charge in [0.15, 0.2) is 0 Å². The van der Waals surface area contributed by atoms with E-state index < -0.39 is 6.10 Å². The monoisotopic (exact) mass is 268 g/mol. The molecule has 0 radical (unpaired) electrons. The van der Waals surface area contributed by atoms with Gasteiger partial charge in [-0.15, -0.1) is 0 Å². The summed E-state index contributed by atoms with van der Waals surface area (Å²) in [6.45, 7) is 0.560. The molecule has 0 aliphatic heterocycles. The van der Waals surface area contributed by atoms with Crippen molar-refractivity contribution in [1.82, 2.24) is 0 Å². The highest BCUT2D eigenvalue weighted by molar-refractivity contribution is 5.31. The van der Waals surface area contributed by atoms with Crippen LogP contribution in [0.3, 0.4) is 0 Å². The lowest BCUT2D eigenvalue weighted by atomic mass is 10.0. The predicted octanol–water partition coefficient (Wildman–Crippen LogP) is 3.64. The number of hydrogen-bond acceptors (Lipinski definition) is 2. The first-order valence-electron chi connectivity index (χ1n) is 7.26. The van der Waals surface area contributed by atoms with Crippen molar-refractivity contribution >= 4 is 0 Å². The topological polar surface area (TPSA) is 29.5 Å². The predicted molar refractivity (Wildman–Crippen MR) is 79.4 cm³/mol. The minimum atomic E-state index is -0.516. The summed E-state index contributed by atoms with van der Waals surface area (Å²) < 4.78 is 5.97. The number of aliphatic hydroxyl groups excluding tert-OH is 1. The van der Waals surface area contributed by atoms with Crippen molar-refractivity contribution in [2.24, 2.45) is 0 Å². The number of hydrogen-bond donors (Lipinski definition) is 1. The summed E-state index contributed by atoms with van der Waals surface area (Å²) in [5.74, 6) is 0. The average molecular weight is 268 g/mol. The SMILES string of the molecule is OC1c2ccccc2CCCC1OCc1ccccc1. The van der Waals surface area contributed by atoms with Crippen LogP contribution >= 0.6 is 0 Å². The molecule has 0 saturated carbocycles. The summed E-state index contributed by atoms with van der Waals surface area (Å²) in [6, 6.07) is 18.3. The summed E-state index contributed by atoms with van der Waals surface area (Å²) in [5, 5.41) is 10.6. The molecule has 2 atom stereocenters. The van der Waals surface area contributed by atoms with Gasteiger partial charge in [0.1, 0.15) is 6.10 Å². The van der Waals surface area contributed by atoms with E-state index in [0.717, 1.165) is 30.4 Å². The first-order valence-corrected chi connectivity index (χ1v) is 7.26. The molecule has 0 aromatic heterocycles. The molecule has 1 aliphatic carbocycles. The molecule has 104 valence electrons. The van der Waals surface area contributed by atoms with Crippen LogP contribution in [0.2, 0.25) is 0 Å². The van der Waals surface area contributed by atoms with Crippen LogP contribution < -0.4 is 0 Å². The van der Waals surface area contributed by atoms with Crippen molar-refractivity contribution in [1.29, 1.82) is 0 Å². The second-order valence-electron chi connectivity index (χ2n) is 5.37. The fourth-order valence-electron chi connectivity index (χ4n) is 2.85. The Balaban J connectivity index is 1.71. The van der Waals surface area contributed by atoms with E-state index in [4.69, 9.17) is 4.74 Å². The summed E-state index contributed by atoms with van der Waals surface area (Å²) >= 11 is 0. The van der Waals surface area contributed by atoms with Gasteiger partial charge in [-0.1, -0.05) is 54.6 Å². The molecular formula is C18H20O2. The van der Waals surface area contributed by atoms with Crippen molar-refractivity contribution in [2.45, 2.75) is 38.1 Å². The van der Waals surface area contributed by atoms with Gasteiger partial charge >= 0.3 is 0 Å². The summed E-state index contributed by atoms with van der Waals surface area (Å²) in [5.41, 5.74) is 3.44. The van der Waals surface area contributed by atoms with Crippen molar-refractivity contribution in [3.63, 3.8) is 0 Å². The highest BCUT2D eigenvalue weighted by atomic mass is 16.5. The Morgan fingerprint density at radius 1 is 1.00 bits per heavy atom. The minimum Gasteiger partial charge on any atom is -0.386 e. The molecule has 1 aliphatic rings. The van der Waals surface area contributed by atoms with E-state index in [1.807, 2.05) is 36.4 Å². The second-order valence-corrected chi connectivity index (χ2v) is 5.37. The van der Waals surface area contributed by atoms with Crippen LogP contribution in [0.4, 0.5) is 0 Å². The number of ether oxygens (including phenoxy) is 1. The zero-order valence-electron chi connectivity index (χ0n) is 11.5. The Hall–Kier alpha value is -1.64. The number of aliphatic hydroxyl groups is 1. The zero-order chi connectivity index (χ0) is 13.8. The van der Waals surface area contributed by atoms with Gasteiger partial charge < -0.3 is 9.84 Å². The molecule has 0 saturated heterocycles. The lowest BCUT2D eigenvalue weighted by Crippen LogP contribution is -2.21. The molecule has 0 heterocycles. The number of benzene rings is 2. The van der Waals surface area contributed by atoms with Gasteiger partial charge in [-0.25, -0.2) is 0 Å². The van der Waals surface area contributed by atoms with E-state index in [9.17, 15) is 5.11 Å². The Morgan fingerprint density at radius 3 is 2.60 bits per heavy atom. The van der Waals surface area contributed by atoms with Crippen molar-refractivity contribution in [3.05, 3.63) is 71.3 Å². The third-order valence-corrected chi connectivity index (χ3v) is 3.97. The molecular weight excluding hydrogens is 248 g/mol. The maximum absolute atomic E-state index is 10.6. The summed E-state index contributed by atoms with van der Waals surface area (Å²) in [7, 11) is 0. The van der Waals surface area contributed by atoms with Crippen LogP contribution in [0.5, 0.6) is 0 Å². The lowest BCUT2D eigenvalue weighted by molar-refractivity contribution is -0.0501. The fraction of sp³-hybridized carbons (Fsp3) is 0.333. The van der Waals surface area contributed by atoms with Crippen LogP contribution in [0.1, 0.15) is 35.6 Å². The molecule has 1 N–H and O–H groups in total. The molecule has 0 fully saturated rings. The standard InChI is InChI=1S/C18H20O2/c19-18-16-11-5-4-9-15(16)10-6-12-17(18)20-13-14-7-2-1-3-8-14/h1-5,7-9,11,17-19H,6,10,12-13H2. The van der Waals surface area contributed by atoms with Gasteiger partial charge in [0, 0.05) is 0 Å². The van der Waals surface area contributed by atoms with Crippen molar-refractivity contribution in [2.75, 3.05) is 0 Å². The molecule has 0 spiro atoms. The highest BCUT2D eigenvalue weighted by Crippen LogP contribution is 2.31. The maximum Gasteiger partial charge on any atom is 0.105 e. The molecule has 0 amide bonds.